The lowest BCUT2D eigenvalue weighted by Crippen LogP contribution is -2.42. The number of hydrogen-bond acceptors (Lipinski definition) is 2. The van der Waals surface area contributed by atoms with Gasteiger partial charge < -0.3 is 10.6 Å². The Morgan fingerprint density at radius 2 is 1.58 bits per heavy atom. The molecule has 0 heterocycles. The van der Waals surface area contributed by atoms with Crippen molar-refractivity contribution in [2.24, 2.45) is 11.7 Å². The molecule has 0 bridgehead atoms. The van der Waals surface area contributed by atoms with Crippen LogP contribution in [0.15, 0.2) is 24.3 Å². The number of hydrogen-bond donors (Lipinski definition) is 1. The van der Waals surface area contributed by atoms with Crippen LogP contribution in [0.1, 0.15) is 38.3 Å². The van der Waals surface area contributed by atoms with Gasteiger partial charge in [0.15, 0.2) is 0 Å². The maximum Gasteiger partial charge on any atom is 0.0238 e. The van der Waals surface area contributed by atoms with Crippen LogP contribution in [0, 0.1) is 5.92 Å². The van der Waals surface area contributed by atoms with E-state index in [0.717, 1.165) is 19.5 Å². The molecule has 0 aliphatic carbocycles. The third kappa shape index (κ3) is 5.33. The molecule has 0 amide bonds. The van der Waals surface area contributed by atoms with Gasteiger partial charge >= 0.3 is 0 Å². The molecular weight excluding hydrogens is 232 g/mol. The Balaban J connectivity index is 2.47. The van der Waals surface area contributed by atoms with Crippen molar-refractivity contribution in [1.82, 2.24) is 4.90 Å². The third-order valence-electron chi connectivity index (χ3n) is 3.89. The minimum absolute atomic E-state index is 0.486. The van der Waals surface area contributed by atoms with Gasteiger partial charge in [0.1, 0.15) is 0 Å². The van der Waals surface area contributed by atoms with Crippen molar-refractivity contribution in [2.45, 2.75) is 46.1 Å². The fourth-order valence-corrected chi connectivity index (χ4v) is 2.59. The van der Waals surface area contributed by atoms with Crippen LogP contribution in [0.5, 0.6) is 0 Å². The minimum atomic E-state index is 0.486. The Labute approximate surface area is 119 Å². The van der Waals surface area contributed by atoms with Gasteiger partial charge in [0.25, 0.3) is 0 Å². The number of nitrogens with two attached hydrogens (primary N) is 1. The summed E-state index contributed by atoms with van der Waals surface area (Å²) >= 11 is 0. The van der Waals surface area contributed by atoms with E-state index in [1.165, 1.54) is 24.0 Å². The Kier molecular flexibility index (Phi) is 7.11. The molecule has 1 aromatic rings. The molecule has 1 rings (SSSR count). The zero-order chi connectivity index (χ0) is 14.3. The maximum absolute atomic E-state index is 5.86. The van der Waals surface area contributed by atoms with Gasteiger partial charge in [-0.2, -0.15) is 0 Å². The summed E-state index contributed by atoms with van der Waals surface area (Å²) in [5, 5.41) is 0. The van der Waals surface area contributed by atoms with Gasteiger partial charge in [-0.25, -0.2) is 0 Å². The molecule has 1 atom stereocenters. The van der Waals surface area contributed by atoms with Crippen LogP contribution < -0.4 is 5.73 Å². The Morgan fingerprint density at radius 1 is 1.05 bits per heavy atom. The van der Waals surface area contributed by atoms with Gasteiger partial charge in [-0.1, -0.05) is 51.5 Å². The lowest BCUT2D eigenvalue weighted by Gasteiger charge is -2.30. The largest absolute Gasteiger partial charge is 0.329 e. The van der Waals surface area contributed by atoms with Crippen molar-refractivity contribution in [3.05, 3.63) is 35.4 Å². The second-order valence-corrected chi connectivity index (χ2v) is 5.84. The number of benzene rings is 1. The van der Waals surface area contributed by atoms with E-state index in [4.69, 9.17) is 5.73 Å². The smallest absolute Gasteiger partial charge is 0.0238 e. The second kappa shape index (κ2) is 8.34. The SMILES string of the molecule is CCCc1ccc(CCN(C)C(CN)C(C)C)cc1. The molecule has 0 fully saturated rings. The van der Waals surface area contributed by atoms with E-state index in [-0.39, 0.29) is 0 Å². The van der Waals surface area contributed by atoms with Gasteiger partial charge in [-0.05, 0) is 36.9 Å². The first-order valence-electron chi connectivity index (χ1n) is 7.56. The molecule has 0 aliphatic heterocycles. The summed E-state index contributed by atoms with van der Waals surface area (Å²) in [4.78, 5) is 2.39. The summed E-state index contributed by atoms with van der Waals surface area (Å²) in [6, 6.07) is 9.56. The van der Waals surface area contributed by atoms with Crippen molar-refractivity contribution in [1.29, 1.82) is 0 Å². The van der Waals surface area contributed by atoms with E-state index >= 15 is 0 Å². The zero-order valence-electron chi connectivity index (χ0n) is 13.0. The maximum atomic E-state index is 5.86. The van der Waals surface area contributed by atoms with Gasteiger partial charge in [0.2, 0.25) is 0 Å². The molecule has 0 saturated carbocycles. The monoisotopic (exact) mass is 262 g/mol. The van der Waals surface area contributed by atoms with E-state index < -0.39 is 0 Å². The van der Waals surface area contributed by atoms with Crippen molar-refractivity contribution in [2.75, 3.05) is 20.1 Å². The number of likely N-dealkylation sites (N-methyl/N-ethyl adjacent to an activating group) is 1. The van der Waals surface area contributed by atoms with Crippen LogP contribution in [0.4, 0.5) is 0 Å². The van der Waals surface area contributed by atoms with E-state index in [1.807, 2.05) is 0 Å². The highest BCUT2D eigenvalue weighted by atomic mass is 15.1. The van der Waals surface area contributed by atoms with Crippen molar-refractivity contribution in [3.8, 4) is 0 Å². The molecule has 1 unspecified atom stereocenters. The van der Waals surface area contributed by atoms with Crippen LogP contribution in [0.2, 0.25) is 0 Å². The van der Waals surface area contributed by atoms with Crippen molar-refractivity contribution < 1.29 is 0 Å². The summed E-state index contributed by atoms with van der Waals surface area (Å²) in [5.41, 5.74) is 8.72. The summed E-state index contributed by atoms with van der Waals surface area (Å²) in [5.74, 6) is 0.613. The quantitative estimate of drug-likeness (QED) is 0.780. The molecule has 108 valence electrons. The van der Waals surface area contributed by atoms with E-state index in [1.54, 1.807) is 0 Å². The molecule has 19 heavy (non-hydrogen) atoms. The number of nitrogens with zero attached hydrogens (tertiary/aromatic N) is 1. The molecule has 0 spiro atoms. The van der Waals surface area contributed by atoms with Gasteiger partial charge in [0.05, 0.1) is 0 Å². The Morgan fingerprint density at radius 3 is 2.00 bits per heavy atom. The second-order valence-electron chi connectivity index (χ2n) is 5.84. The van der Waals surface area contributed by atoms with Crippen LogP contribution in [0.3, 0.4) is 0 Å². The fraction of sp³-hybridized carbons (Fsp3) is 0.647. The van der Waals surface area contributed by atoms with Crippen LogP contribution in [-0.4, -0.2) is 31.1 Å². The zero-order valence-corrected chi connectivity index (χ0v) is 13.0. The lowest BCUT2D eigenvalue weighted by atomic mass is 10.0. The first-order valence-corrected chi connectivity index (χ1v) is 7.56. The topological polar surface area (TPSA) is 29.3 Å². The van der Waals surface area contributed by atoms with Crippen LogP contribution >= 0.6 is 0 Å². The number of aryl methyl sites for hydroxylation is 1. The normalized spacial score (nSPS) is 13.2. The fourth-order valence-electron chi connectivity index (χ4n) is 2.59. The average molecular weight is 262 g/mol. The molecule has 0 aromatic heterocycles. The summed E-state index contributed by atoms with van der Waals surface area (Å²) in [6.07, 6.45) is 3.50. The predicted octanol–water partition coefficient (Wildman–Crippen LogP) is 3.10. The van der Waals surface area contributed by atoms with Gasteiger partial charge in [0, 0.05) is 19.1 Å². The highest BCUT2D eigenvalue weighted by Gasteiger charge is 2.16. The lowest BCUT2D eigenvalue weighted by molar-refractivity contribution is 0.200. The number of rotatable bonds is 8. The molecule has 0 saturated heterocycles. The predicted molar refractivity (Wildman–Crippen MR) is 84.5 cm³/mol. The van der Waals surface area contributed by atoms with Crippen LogP contribution in [0.25, 0.3) is 0 Å². The van der Waals surface area contributed by atoms with E-state index in [0.29, 0.717) is 12.0 Å². The summed E-state index contributed by atoms with van der Waals surface area (Å²) in [7, 11) is 2.18. The molecule has 1 aromatic carbocycles. The van der Waals surface area contributed by atoms with Crippen molar-refractivity contribution >= 4 is 0 Å². The Hall–Kier alpha value is -0.860. The van der Waals surface area contributed by atoms with Gasteiger partial charge in [-0.15, -0.1) is 0 Å². The highest BCUT2D eigenvalue weighted by molar-refractivity contribution is 5.22. The molecule has 2 N–H and O–H groups in total. The minimum Gasteiger partial charge on any atom is -0.329 e. The average Bonchev–Trinajstić information content (AvgIpc) is 2.38. The summed E-state index contributed by atoms with van der Waals surface area (Å²) < 4.78 is 0. The Bertz CT molecular complexity index is 343. The first-order chi connectivity index (χ1) is 9.08. The van der Waals surface area contributed by atoms with E-state index in [2.05, 4.69) is 57.0 Å². The highest BCUT2D eigenvalue weighted by Crippen LogP contribution is 2.11. The van der Waals surface area contributed by atoms with Crippen molar-refractivity contribution in [3.63, 3.8) is 0 Å². The standard InChI is InChI=1S/C17H30N2/c1-5-6-15-7-9-16(10-8-15)11-12-19(4)17(13-18)14(2)3/h7-10,14,17H,5-6,11-13,18H2,1-4H3. The molecule has 0 radical (unpaired) electrons. The third-order valence-corrected chi connectivity index (χ3v) is 3.89. The first kappa shape index (κ1) is 16.2. The molecule has 0 aliphatic rings. The van der Waals surface area contributed by atoms with Crippen LogP contribution in [-0.2, 0) is 12.8 Å². The van der Waals surface area contributed by atoms with Gasteiger partial charge in [-0.3, -0.25) is 0 Å². The molecular formula is C17H30N2. The summed E-state index contributed by atoms with van der Waals surface area (Å²) in [6.45, 7) is 8.53. The van der Waals surface area contributed by atoms with E-state index in [9.17, 15) is 0 Å². The molecule has 2 nitrogen and oxygen atoms in total. The molecule has 2 heteroatoms.